The Morgan fingerprint density at radius 2 is 2.16 bits per heavy atom. The van der Waals surface area contributed by atoms with Gasteiger partial charge < -0.3 is 0 Å². The van der Waals surface area contributed by atoms with E-state index in [1.165, 1.54) is 11.8 Å². The summed E-state index contributed by atoms with van der Waals surface area (Å²) in [4.78, 5) is 30.0. The molecule has 1 aromatic rings. The van der Waals surface area contributed by atoms with Crippen LogP contribution in [-0.2, 0) is 4.79 Å². The minimum atomic E-state index is -0.779. The Labute approximate surface area is 116 Å². The van der Waals surface area contributed by atoms with Gasteiger partial charge in [0.25, 0.3) is 0 Å². The third-order valence-electron chi connectivity index (χ3n) is 2.35. The number of nitrogens with zero attached hydrogens (tertiary/aromatic N) is 3. The predicted molar refractivity (Wildman–Crippen MR) is 78.1 cm³/mol. The number of thioether (sulfide) groups is 1. The van der Waals surface area contributed by atoms with Crippen molar-refractivity contribution in [2.24, 2.45) is 10.2 Å². The summed E-state index contributed by atoms with van der Waals surface area (Å²) in [5.74, 6) is -0.0264. The van der Waals surface area contributed by atoms with Crippen molar-refractivity contribution >= 4 is 23.4 Å². The van der Waals surface area contributed by atoms with Crippen LogP contribution in [0.4, 0.5) is 0 Å². The van der Waals surface area contributed by atoms with E-state index in [1.54, 1.807) is 19.3 Å². The zero-order chi connectivity index (χ0) is 14.3. The molecule has 100 valence electrons. The van der Waals surface area contributed by atoms with Crippen LogP contribution in [0.15, 0.2) is 45.3 Å². The number of hydrogen-bond donors (Lipinski definition) is 0. The van der Waals surface area contributed by atoms with E-state index in [0.717, 1.165) is 17.0 Å². The first kappa shape index (κ1) is 15.2. The normalized spacial score (nSPS) is 12.9. The lowest BCUT2D eigenvalue weighted by Gasteiger charge is -2.05. The summed E-state index contributed by atoms with van der Waals surface area (Å²) in [6, 6.07) is 3.70. The maximum atomic E-state index is 11.3. The van der Waals surface area contributed by atoms with Gasteiger partial charge in [0.15, 0.2) is 0 Å². The summed E-state index contributed by atoms with van der Waals surface area (Å²) in [6.07, 6.45) is 3.38. The van der Waals surface area contributed by atoms with Crippen molar-refractivity contribution in [1.82, 2.24) is 4.98 Å². The number of hydrogen-bond acceptors (Lipinski definition) is 5. The lowest BCUT2D eigenvalue weighted by molar-refractivity contribution is -0.114. The Morgan fingerprint density at radius 3 is 2.68 bits per heavy atom. The van der Waals surface area contributed by atoms with E-state index in [9.17, 15) is 9.70 Å². The first-order chi connectivity index (χ1) is 9.10. The average Bonchev–Trinajstić information content (AvgIpc) is 2.46. The van der Waals surface area contributed by atoms with Gasteiger partial charge in [-0.05, 0) is 25.7 Å². The first-order valence-corrected chi connectivity index (χ1v) is 6.75. The van der Waals surface area contributed by atoms with Gasteiger partial charge in [-0.15, -0.1) is 16.7 Å². The Balaban J connectivity index is 3.15. The van der Waals surface area contributed by atoms with Gasteiger partial charge in [0, 0.05) is 28.8 Å². The van der Waals surface area contributed by atoms with Crippen LogP contribution in [0.25, 0.3) is 0 Å². The van der Waals surface area contributed by atoms with Crippen molar-refractivity contribution < 1.29 is 4.79 Å². The summed E-state index contributed by atoms with van der Waals surface area (Å²) in [5.41, 5.74) is 1.88. The molecule has 0 saturated carbocycles. The molecule has 0 saturated heterocycles. The minimum absolute atomic E-state index is 0.269. The van der Waals surface area contributed by atoms with Gasteiger partial charge in [-0.1, -0.05) is 13.0 Å². The minimum Gasteiger partial charge on any atom is -0.264 e. The van der Waals surface area contributed by atoms with Crippen molar-refractivity contribution in [2.45, 2.75) is 20.8 Å². The second-order valence-electron chi connectivity index (χ2n) is 3.70. The Bertz CT molecular complexity index is 524. The highest BCUT2D eigenvalue weighted by Crippen LogP contribution is 2.23. The molecule has 0 spiro atoms. The molecule has 1 aromatic heterocycles. The summed E-state index contributed by atoms with van der Waals surface area (Å²) in [7, 11) is 0. The summed E-state index contributed by atoms with van der Waals surface area (Å²) >= 11 is 1.40. The number of aliphatic imine (C=N–C) groups is 1. The average molecular weight is 277 g/mol. The quantitative estimate of drug-likeness (QED) is 0.471. The van der Waals surface area contributed by atoms with E-state index in [2.05, 4.69) is 15.2 Å². The molecule has 0 aromatic carbocycles. The first-order valence-electron chi connectivity index (χ1n) is 5.77. The van der Waals surface area contributed by atoms with Gasteiger partial charge in [-0.25, -0.2) is 4.99 Å². The third-order valence-corrected chi connectivity index (χ3v) is 3.31. The molecular weight excluding hydrogens is 262 g/mol. The fourth-order valence-corrected chi connectivity index (χ4v) is 2.09. The number of aromatic nitrogens is 1. The van der Waals surface area contributed by atoms with E-state index < -0.39 is 5.91 Å². The number of carbonyl (C=O) groups excluding carboxylic acids is 1. The van der Waals surface area contributed by atoms with Gasteiger partial charge in [0.1, 0.15) is 5.03 Å². The molecular formula is C13H15N3O2S. The number of carbonyl (C=O) groups is 1. The predicted octanol–water partition coefficient (Wildman–Crippen LogP) is 3.17. The molecule has 0 aliphatic carbocycles. The Morgan fingerprint density at radius 1 is 1.42 bits per heavy atom. The smallest absolute Gasteiger partial charge is 0.264 e. The molecule has 1 heterocycles. The molecule has 0 atom stereocenters. The van der Waals surface area contributed by atoms with Crippen LogP contribution in [-0.4, -0.2) is 22.4 Å². The van der Waals surface area contributed by atoms with Gasteiger partial charge in [-0.2, -0.15) is 0 Å². The summed E-state index contributed by atoms with van der Waals surface area (Å²) < 4.78 is 0. The standard InChI is InChI=1S/C13H15N3O2S/c1-4-19-13(9(2)12(17)16-18)15-10(3)11-6-5-7-14-8-11/h5-8H,4H2,1-3H3/b13-9-,15-10?. The van der Waals surface area contributed by atoms with Crippen molar-refractivity contribution in [3.8, 4) is 0 Å². The molecule has 19 heavy (non-hydrogen) atoms. The van der Waals surface area contributed by atoms with Crippen molar-refractivity contribution in [3.05, 3.63) is 45.6 Å². The molecule has 0 unspecified atom stereocenters. The highest BCUT2D eigenvalue weighted by Gasteiger charge is 2.11. The van der Waals surface area contributed by atoms with Crippen LogP contribution < -0.4 is 0 Å². The van der Waals surface area contributed by atoms with Crippen LogP contribution in [0.1, 0.15) is 26.3 Å². The molecule has 5 nitrogen and oxygen atoms in total. The van der Waals surface area contributed by atoms with E-state index in [0.29, 0.717) is 5.03 Å². The molecule has 0 fully saturated rings. The summed E-state index contributed by atoms with van der Waals surface area (Å²) in [6.45, 7) is 5.34. The van der Waals surface area contributed by atoms with Crippen molar-refractivity contribution in [3.63, 3.8) is 0 Å². The zero-order valence-electron chi connectivity index (χ0n) is 11.1. The largest absolute Gasteiger partial charge is 0.315 e. The number of nitroso groups, excluding NO2 is 1. The lowest BCUT2D eigenvalue weighted by Crippen LogP contribution is -2.00. The molecule has 0 aliphatic rings. The third kappa shape index (κ3) is 4.40. The van der Waals surface area contributed by atoms with Crippen LogP contribution in [0.2, 0.25) is 0 Å². The SMILES string of the molecule is CCS/C(N=C(C)c1cccnc1)=C(/C)C(=O)N=O. The van der Waals surface area contributed by atoms with Crippen LogP contribution in [0, 0.1) is 4.91 Å². The second-order valence-corrected chi connectivity index (χ2v) is 4.95. The number of amides is 1. The molecule has 6 heteroatoms. The zero-order valence-corrected chi connectivity index (χ0v) is 11.9. The van der Waals surface area contributed by atoms with Crippen molar-refractivity contribution in [1.29, 1.82) is 0 Å². The Kier molecular flexibility index (Phi) is 6.08. The molecule has 1 amide bonds. The Hall–Kier alpha value is -1.82. The molecule has 0 radical (unpaired) electrons. The second kappa shape index (κ2) is 7.58. The maximum absolute atomic E-state index is 11.3. The monoisotopic (exact) mass is 277 g/mol. The highest BCUT2D eigenvalue weighted by molar-refractivity contribution is 8.03. The number of rotatable bonds is 5. The molecule has 0 N–H and O–H groups in total. The van der Waals surface area contributed by atoms with Crippen LogP contribution >= 0.6 is 11.8 Å². The van der Waals surface area contributed by atoms with E-state index in [1.807, 2.05) is 26.0 Å². The summed E-state index contributed by atoms with van der Waals surface area (Å²) in [5, 5.41) is 2.95. The fraction of sp³-hybridized carbons (Fsp3) is 0.308. The molecule has 0 bridgehead atoms. The van der Waals surface area contributed by atoms with Gasteiger partial charge in [-0.3, -0.25) is 9.78 Å². The van der Waals surface area contributed by atoms with Gasteiger partial charge in [0.2, 0.25) is 0 Å². The van der Waals surface area contributed by atoms with Gasteiger partial charge >= 0.3 is 5.91 Å². The van der Waals surface area contributed by atoms with E-state index >= 15 is 0 Å². The number of pyridine rings is 1. The van der Waals surface area contributed by atoms with Crippen LogP contribution in [0.5, 0.6) is 0 Å². The topological polar surface area (TPSA) is 71.8 Å². The lowest BCUT2D eigenvalue weighted by atomic mass is 10.2. The van der Waals surface area contributed by atoms with E-state index in [-0.39, 0.29) is 5.57 Å². The van der Waals surface area contributed by atoms with Crippen molar-refractivity contribution in [2.75, 3.05) is 5.75 Å². The highest BCUT2D eigenvalue weighted by atomic mass is 32.2. The van der Waals surface area contributed by atoms with Crippen LogP contribution in [0.3, 0.4) is 0 Å². The maximum Gasteiger partial charge on any atom is 0.315 e. The fourth-order valence-electron chi connectivity index (χ4n) is 1.31. The van der Waals surface area contributed by atoms with E-state index in [4.69, 9.17) is 0 Å². The molecule has 0 aliphatic heterocycles. The molecule has 1 rings (SSSR count). The van der Waals surface area contributed by atoms with Gasteiger partial charge in [0.05, 0.1) is 5.57 Å².